The van der Waals surface area contributed by atoms with E-state index in [1.54, 1.807) is 72.8 Å². The molecule has 0 radical (unpaired) electrons. The minimum atomic E-state index is -0.523. The maximum Gasteiger partial charge on any atom is 0.272 e. The van der Waals surface area contributed by atoms with Gasteiger partial charge in [-0.15, -0.1) is 23.1 Å². The van der Waals surface area contributed by atoms with Crippen LogP contribution < -0.4 is 16.0 Å². The third kappa shape index (κ3) is 8.98. The number of hydrogen-bond acceptors (Lipinski definition) is 6. The second kappa shape index (κ2) is 15.7. The summed E-state index contributed by atoms with van der Waals surface area (Å²) in [5.41, 5.74) is 4.56. The zero-order valence-electron chi connectivity index (χ0n) is 26.0. The molecule has 5 aromatic rings. The van der Waals surface area contributed by atoms with Crippen LogP contribution in [-0.2, 0) is 9.59 Å². The van der Waals surface area contributed by atoms with Crippen molar-refractivity contribution >= 4 is 69.3 Å². The summed E-state index contributed by atoms with van der Waals surface area (Å²) in [6.07, 6.45) is 2.12. The molecule has 0 saturated carbocycles. The Hall–Kier alpha value is -4.70. The zero-order valence-corrected chi connectivity index (χ0v) is 28.4. The van der Waals surface area contributed by atoms with Crippen molar-refractivity contribution in [3.63, 3.8) is 0 Å². The van der Waals surface area contributed by atoms with E-state index in [0.717, 1.165) is 21.0 Å². The Labute approximate surface area is 287 Å². The van der Waals surface area contributed by atoms with Gasteiger partial charge in [-0.25, -0.2) is 4.98 Å². The molecule has 5 rings (SSSR count). The first-order valence-electron chi connectivity index (χ1n) is 15.0. The molecule has 0 aliphatic carbocycles. The molecule has 1 unspecified atom stereocenters. The number of thiazole rings is 1. The topological polar surface area (TPSA) is 100 Å². The van der Waals surface area contributed by atoms with Gasteiger partial charge in [0.15, 0.2) is 5.13 Å². The van der Waals surface area contributed by atoms with E-state index in [1.807, 2.05) is 57.2 Å². The predicted octanol–water partition coefficient (Wildman–Crippen LogP) is 9.00. The van der Waals surface area contributed by atoms with Gasteiger partial charge in [0, 0.05) is 31.6 Å². The molecule has 1 atom stereocenters. The number of thioether (sulfide) groups is 1. The lowest BCUT2D eigenvalue weighted by molar-refractivity contribution is -0.116. The molecule has 47 heavy (non-hydrogen) atoms. The smallest absolute Gasteiger partial charge is 0.272 e. The third-order valence-corrected chi connectivity index (χ3v) is 9.71. The largest absolute Gasteiger partial charge is 0.321 e. The van der Waals surface area contributed by atoms with Gasteiger partial charge in [-0.2, -0.15) is 0 Å². The Morgan fingerprint density at radius 2 is 1.62 bits per heavy atom. The Morgan fingerprint density at radius 3 is 2.34 bits per heavy atom. The molecule has 3 N–H and O–H groups in total. The first-order valence-corrected chi connectivity index (χ1v) is 17.0. The highest BCUT2D eigenvalue weighted by Crippen LogP contribution is 2.33. The fourth-order valence-electron chi connectivity index (χ4n) is 4.64. The van der Waals surface area contributed by atoms with Crippen molar-refractivity contribution in [3.8, 4) is 11.3 Å². The summed E-state index contributed by atoms with van der Waals surface area (Å²) in [5.74, 6) is -1.10. The van der Waals surface area contributed by atoms with Gasteiger partial charge in [-0.05, 0) is 68.3 Å². The number of carbonyl (C=O) groups excluding carboxylic acids is 3. The van der Waals surface area contributed by atoms with E-state index < -0.39 is 17.1 Å². The Kier molecular flexibility index (Phi) is 11.3. The van der Waals surface area contributed by atoms with Crippen molar-refractivity contribution < 1.29 is 14.4 Å². The van der Waals surface area contributed by atoms with Crippen molar-refractivity contribution in [2.45, 2.75) is 37.3 Å². The number of hydrogen-bond donors (Lipinski definition) is 3. The van der Waals surface area contributed by atoms with Crippen molar-refractivity contribution in [1.29, 1.82) is 0 Å². The molecule has 4 aromatic carbocycles. The van der Waals surface area contributed by atoms with Gasteiger partial charge in [0.05, 0.1) is 10.9 Å². The van der Waals surface area contributed by atoms with Gasteiger partial charge in [-0.1, -0.05) is 90.8 Å². The summed E-state index contributed by atoms with van der Waals surface area (Å²) < 4.78 is 0. The van der Waals surface area contributed by atoms with Gasteiger partial charge >= 0.3 is 0 Å². The molecular weight excluding hydrogens is 648 g/mol. The van der Waals surface area contributed by atoms with Gasteiger partial charge < -0.3 is 16.0 Å². The summed E-state index contributed by atoms with van der Waals surface area (Å²) in [6, 6.07) is 31.1. The summed E-state index contributed by atoms with van der Waals surface area (Å²) >= 11 is 9.21. The molecule has 1 aromatic heterocycles. The summed E-state index contributed by atoms with van der Waals surface area (Å²) in [6.45, 7) is 5.99. The molecule has 0 fully saturated rings. The quantitative estimate of drug-likeness (QED) is 0.0955. The highest BCUT2D eigenvalue weighted by Gasteiger charge is 2.21. The van der Waals surface area contributed by atoms with Crippen LogP contribution in [0.2, 0.25) is 5.02 Å². The maximum atomic E-state index is 13.5. The molecule has 7 nitrogen and oxygen atoms in total. The molecule has 10 heteroatoms. The lowest BCUT2D eigenvalue weighted by atomic mass is 10.1. The number of amides is 3. The average molecular weight is 681 g/mol. The van der Waals surface area contributed by atoms with Crippen LogP contribution in [0, 0.1) is 13.8 Å². The maximum absolute atomic E-state index is 13.5. The molecule has 0 aliphatic heterocycles. The minimum absolute atomic E-state index is 0.0274. The monoisotopic (exact) mass is 680 g/mol. The van der Waals surface area contributed by atoms with E-state index in [0.29, 0.717) is 33.4 Å². The van der Waals surface area contributed by atoms with E-state index in [-0.39, 0.29) is 11.6 Å². The second-order valence-electron chi connectivity index (χ2n) is 10.7. The van der Waals surface area contributed by atoms with Crippen molar-refractivity contribution in [2.75, 3.05) is 10.6 Å². The highest BCUT2D eigenvalue weighted by molar-refractivity contribution is 8.00. The lowest BCUT2D eigenvalue weighted by Crippen LogP contribution is -2.30. The SMILES string of the molecule is CCC(Sc1cccc(NC(=O)/C(=C\c2ccccc2Cl)NC(=O)c2ccccc2)c1)C(=O)Nc1nc(-c2ccc(C)cc2)c(C)s1. The van der Waals surface area contributed by atoms with E-state index in [4.69, 9.17) is 16.6 Å². The number of benzene rings is 4. The van der Waals surface area contributed by atoms with E-state index in [1.165, 1.54) is 28.7 Å². The summed E-state index contributed by atoms with van der Waals surface area (Å²) in [4.78, 5) is 46.4. The number of rotatable bonds is 11. The van der Waals surface area contributed by atoms with Crippen LogP contribution >= 0.6 is 34.7 Å². The fraction of sp³-hybridized carbons (Fsp3) is 0.135. The molecule has 0 bridgehead atoms. The molecule has 1 heterocycles. The Morgan fingerprint density at radius 1 is 0.894 bits per heavy atom. The van der Waals surface area contributed by atoms with E-state index >= 15 is 0 Å². The van der Waals surface area contributed by atoms with Crippen LogP contribution in [0.5, 0.6) is 0 Å². The normalized spacial score (nSPS) is 11.9. The van der Waals surface area contributed by atoms with Crippen LogP contribution in [0.3, 0.4) is 0 Å². The summed E-state index contributed by atoms with van der Waals surface area (Å²) in [7, 11) is 0. The van der Waals surface area contributed by atoms with E-state index in [9.17, 15) is 14.4 Å². The molecule has 238 valence electrons. The van der Waals surface area contributed by atoms with Crippen LogP contribution in [0.1, 0.15) is 39.7 Å². The summed E-state index contributed by atoms with van der Waals surface area (Å²) in [5, 5.41) is 9.20. The molecule has 0 saturated heterocycles. The number of carbonyl (C=O) groups is 3. The van der Waals surface area contributed by atoms with Crippen LogP contribution in [-0.4, -0.2) is 28.0 Å². The molecule has 0 aliphatic rings. The Balaban J connectivity index is 1.29. The average Bonchev–Trinajstić information content (AvgIpc) is 3.44. The molecule has 0 spiro atoms. The lowest BCUT2D eigenvalue weighted by Gasteiger charge is -2.15. The number of aromatic nitrogens is 1. The number of nitrogens with one attached hydrogen (secondary N) is 3. The molecule has 3 amide bonds. The van der Waals surface area contributed by atoms with Crippen LogP contribution in [0.4, 0.5) is 10.8 Å². The number of halogens is 1. The van der Waals surface area contributed by atoms with Crippen LogP contribution in [0.25, 0.3) is 17.3 Å². The Bertz CT molecular complexity index is 1920. The van der Waals surface area contributed by atoms with Gasteiger partial charge in [-0.3, -0.25) is 14.4 Å². The number of aryl methyl sites for hydroxylation is 2. The first-order chi connectivity index (χ1) is 22.7. The zero-order chi connectivity index (χ0) is 33.3. The number of anilines is 2. The second-order valence-corrected chi connectivity index (χ2v) is 13.6. The predicted molar refractivity (Wildman–Crippen MR) is 194 cm³/mol. The van der Waals surface area contributed by atoms with Crippen LogP contribution in [0.15, 0.2) is 114 Å². The number of nitrogens with zero attached hydrogens (tertiary/aromatic N) is 1. The van der Waals surface area contributed by atoms with E-state index in [2.05, 4.69) is 16.0 Å². The standard InChI is InChI=1S/C37H33ClN4O3S2/c1-4-32(36(45)42-37-41-33(24(3)46-37)25-19-17-23(2)18-20-25)47-29-15-10-14-28(22-29)39-35(44)31(21-27-13-8-9-16-30(27)38)40-34(43)26-11-6-5-7-12-26/h5-22,32H,4H2,1-3H3,(H,39,44)(H,40,43)(H,41,42,45)/b31-21+. The first kappa shape index (κ1) is 33.7. The van der Waals surface area contributed by atoms with Gasteiger partial charge in [0.2, 0.25) is 5.91 Å². The third-order valence-electron chi connectivity index (χ3n) is 7.12. The fourth-order valence-corrected chi connectivity index (χ4v) is 6.68. The molecular formula is C37H33ClN4O3S2. The minimum Gasteiger partial charge on any atom is -0.321 e. The highest BCUT2D eigenvalue weighted by atomic mass is 35.5. The van der Waals surface area contributed by atoms with Crippen molar-refractivity contribution in [2.24, 2.45) is 0 Å². The van der Waals surface area contributed by atoms with Gasteiger partial charge in [0.25, 0.3) is 11.8 Å². The van der Waals surface area contributed by atoms with Crippen molar-refractivity contribution in [1.82, 2.24) is 10.3 Å². The van der Waals surface area contributed by atoms with Gasteiger partial charge in [0.1, 0.15) is 5.70 Å². The van der Waals surface area contributed by atoms with Crippen molar-refractivity contribution in [3.05, 3.63) is 135 Å².